The van der Waals surface area contributed by atoms with Crippen molar-refractivity contribution < 1.29 is 0 Å². The van der Waals surface area contributed by atoms with E-state index in [2.05, 4.69) is 34.6 Å². The Kier molecular flexibility index (Phi) is 7.41. The maximum atomic E-state index is 6.65. The first-order valence-electron chi connectivity index (χ1n) is 9.33. The molecule has 1 aliphatic carbocycles. The lowest BCUT2D eigenvalue weighted by Gasteiger charge is -2.46. The highest BCUT2D eigenvalue weighted by molar-refractivity contribution is 6.40. The van der Waals surface area contributed by atoms with E-state index in [9.17, 15) is 0 Å². The summed E-state index contributed by atoms with van der Waals surface area (Å²) in [5.41, 5.74) is 0.0290. The van der Waals surface area contributed by atoms with Gasteiger partial charge >= 0.3 is 0 Å². The van der Waals surface area contributed by atoms with Crippen LogP contribution in [0, 0.1) is 23.2 Å². The van der Waals surface area contributed by atoms with Crippen LogP contribution in [0.4, 0.5) is 0 Å². The second-order valence-electron chi connectivity index (χ2n) is 8.35. The Balaban J connectivity index is 2.68. The van der Waals surface area contributed by atoms with Gasteiger partial charge in [0.1, 0.15) is 0 Å². The Labute approximate surface area is 137 Å². The van der Waals surface area contributed by atoms with Crippen molar-refractivity contribution in [1.82, 2.24) is 0 Å². The molecule has 0 spiro atoms. The summed E-state index contributed by atoms with van der Waals surface area (Å²) in [4.78, 5) is 0. The summed E-state index contributed by atoms with van der Waals surface area (Å²) in [6.45, 7) is 11.5. The molecule has 3 unspecified atom stereocenters. The van der Waals surface area contributed by atoms with Crippen LogP contribution in [-0.4, -0.2) is 15.7 Å². The van der Waals surface area contributed by atoms with Crippen molar-refractivity contribution in [3.8, 4) is 0 Å². The fourth-order valence-corrected chi connectivity index (χ4v) is 4.18. The van der Waals surface area contributed by atoms with Gasteiger partial charge in [-0.25, -0.2) is 0 Å². The fraction of sp³-hybridized carbons (Fsp3) is 1.00. The van der Waals surface area contributed by atoms with E-state index in [-0.39, 0.29) is 5.41 Å². The molecule has 0 heterocycles. The average Bonchev–Trinajstić information content (AvgIpc) is 2.71. The lowest BCUT2D eigenvalue weighted by molar-refractivity contribution is 0.195. The molecular formula is C19H36B2. The first kappa shape index (κ1) is 19.2. The third-order valence-electron chi connectivity index (χ3n) is 6.23. The van der Waals surface area contributed by atoms with Gasteiger partial charge in [0.15, 0.2) is 0 Å². The molecule has 0 aliphatic heterocycles. The minimum Gasteiger partial charge on any atom is -0.0938 e. The highest BCUT2D eigenvalue weighted by Crippen LogP contribution is 2.53. The molecule has 21 heavy (non-hydrogen) atoms. The maximum absolute atomic E-state index is 6.65. The Morgan fingerprint density at radius 3 is 2.24 bits per heavy atom. The molecule has 0 nitrogen and oxygen atoms in total. The lowest BCUT2D eigenvalue weighted by Crippen LogP contribution is -2.36. The molecule has 118 valence electrons. The summed E-state index contributed by atoms with van der Waals surface area (Å²) in [5.74, 6) is 2.37. The van der Waals surface area contributed by atoms with Crippen LogP contribution in [0.3, 0.4) is 0 Å². The van der Waals surface area contributed by atoms with Gasteiger partial charge in [-0.1, -0.05) is 84.8 Å². The molecule has 0 aromatic heterocycles. The third kappa shape index (κ3) is 5.07. The van der Waals surface area contributed by atoms with Gasteiger partial charge in [0.05, 0.1) is 15.7 Å². The van der Waals surface area contributed by atoms with Crippen LogP contribution in [0.15, 0.2) is 0 Å². The molecule has 1 aliphatic rings. The predicted octanol–water partition coefficient (Wildman–Crippen LogP) is 5.90. The van der Waals surface area contributed by atoms with Crippen LogP contribution in [0.2, 0.25) is 5.21 Å². The van der Waals surface area contributed by atoms with Crippen molar-refractivity contribution >= 4 is 15.7 Å². The van der Waals surface area contributed by atoms with Crippen LogP contribution in [0.1, 0.15) is 92.4 Å². The van der Waals surface area contributed by atoms with Crippen molar-refractivity contribution in [2.75, 3.05) is 0 Å². The van der Waals surface area contributed by atoms with E-state index in [0.29, 0.717) is 0 Å². The van der Waals surface area contributed by atoms with Crippen molar-refractivity contribution in [2.24, 2.45) is 23.2 Å². The van der Waals surface area contributed by atoms with Crippen molar-refractivity contribution in [1.29, 1.82) is 0 Å². The topological polar surface area (TPSA) is 0 Å². The van der Waals surface area contributed by atoms with Gasteiger partial charge < -0.3 is 0 Å². The average molecular weight is 286 g/mol. The number of rotatable bonds is 9. The quantitative estimate of drug-likeness (QED) is 0.365. The van der Waals surface area contributed by atoms with E-state index < -0.39 is 5.21 Å². The molecule has 0 aromatic carbocycles. The van der Waals surface area contributed by atoms with Crippen molar-refractivity contribution in [3.05, 3.63) is 0 Å². The number of hydrogen-bond acceptors (Lipinski definition) is 0. The van der Waals surface area contributed by atoms with E-state index in [1.165, 1.54) is 44.9 Å². The standard InChI is InChI=1S/C19H36B2/c1-6-8-9-13-18(4,5)19(20,21)14-17-15(3)11-12-16(17)10-7-2/h15-17H,6-14H2,1-5H3. The van der Waals surface area contributed by atoms with Gasteiger partial charge in [-0.3, -0.25) is 0 Å². The maximum Gasteiger partial charge on any atom is 0.0627 e. The minimum atomic E-state index is -0.532. The molecule has 2 heteroatoms. The molecular weight excluding hydrogens is 250 g/mol. The van der Waals surface area contributed by atoms with Gasteiger partial charge in [0.25, 0.3) is 0 Å². The molecule has 0 aromatic rings. The molecule has 3 atom stereocenters. The van der Waals surface area contributed by atoms with Crippen LogP contribution < -0.4 is 0 Å². The van der Waals surface area contributed by atoms with E-state index in [4.69, 9.17) is 15.7 Å². The monoisotopic (exact) mass is 286 g/mol. The summed E-state index contributed by atoms with van der Waals surface area (Å²) in [7, 11) is 13.3. The van der Waals surface area contributed by atoms with Crippen molar-refractivity contribution in [2.45, 2.75) is 97.6 Å². The second kappa shape index (κ2) is 8.11. The minimum absolute atomic E-state index is 0.0290. The first-order chi connectivity index (χ1) is 9.75. The van der Waals surface area contributed by atoms with Crippen LogP contribution in [-0.2, 0) is 0 Å². The summed E-state index contributed by atoms with van der Waals surface area (Å²) in [6, 6.07) is 0. The fourth-order valence-electron chi connectivity index (χ4n) is 4.18. The van der Waals surface area contributed by atoms with E-state index >= 15 is 0 Å². The van der Waals surface area contributed by atoms with Crippen LogP contribution in [0.25, 0.3) is 0 Å². The van der Waals surface area contributed by atoms with Gasteiger partial charge in [-0.2, -0.15) is 0 Å². The van der Waals surface area contributed by atoms with Gasteiger partial charge in [0.2, 0.25) is 0 Å². The summed E-state index contributed by atoms with van der Waals surface area (Å²) in [6.07, 6.45) is 11.3. The highest BCUT2D eigenvalue weighted by Gasteiger charge is 2.41. The summed E-state index contributed by atoms with van der Waals surface area (Å²) in [5, 5.41) is -0.532. The zero-order valence-corrected chi connectivity index (χ0v) is 15.3. The Morgan fingerprint density at radius 1 is 1.00 bits per heavy atom. The Morgan fingerprint density at radius 2 is 1.67 bits per heavy atom. The number of hydrogen-bond donors (Lipinski definition) is 0. The number of unbranched alkanes of at least 4 members (excludes halogenated alkanes) is 2. The highest BCUT2D eigenvalue weighted by atomic mass is 14.4. The molecule has 0 saturated heterocycles. The SMILES string of the molecule is [B]C([B])(CC1C(C)CCC1CCC)C(C)(C)CCCCC. The zero-order valence-electron chi connectivity index (χ0n) is 15.3. The van der Waals surface area contributed by atoms with E-state index in [1.807, 2.05) is 0 Å². The second-order valence-corrected chi connectivity index (χ2v) is 8.35. The summed E-state index contributed by atoms with van der Waals surface area (Å²) >= 11 is 0. The molecule has 0 N–H and O–H groups in total. The third-order valence-corrected chi connectivity index (χ3v) is 6.23. The Hall–Kier alpha value is 0.130. The predicted molar refractivity (Wildman–Crippen MR) is 97.0 cm³/mol. The normalized spacial score (nSPS) is 27.2. The molecule has 4 radical (unpaired) electrons. The van der Waals surface area contributed by atoms with Gasteiger partial charge in [-0.05, 0) is 36.0 Å². The Bertz CT molecular complexity index is 294. The van der Waals surface area contributed by atoms with Crippen molar-refractivity contribution in [3.63, 3.8) is 0 Å². The first-order valence-corrected chi connectivity index (χ1v) is 9.33. The van der Waals surface area contributed by atoms with Crippen LogP contribution >= 0.6 is 0 Å². The van der Waals surface area contributed by atoms with Gasteiger partial charge in [0, 0.05) is 0 Å². The molecule has 0 bridgehead atoms. The smallest absolute Gasteiger partial charge is 0.0627 e. The van der Waals surface area contributed by atoms with E-state index in [0.717, 1.165) is 30.6 Å². The molecule has 1 fully saturated rings. The van der Waals surface area contributed by atoms with Crippen LogP contribution in [0.5, 0.6) is 0 Å². The molecule has 1 saturated carbocycles. The largest absolute Gasteiger partial charge is 0.0938 e. The summed E-state index contributed by atoms with van der Waals surface area (Å²) < 4.78 is 0. The van der Waals surface area contributed by atoms with E-state index in [1.54, 1.807) is 0 Å². The molecule has 0 amide bonds. The lowest BCUT2D eigenvalue weighted by atomic mass is 9.39. The van der Waals surface area contributed by atoms with Gasteiger partial charge in [-0.15, -0.1) is 0 Å². The zero-order chi connectivity index (χ0) is 16.1. The molecule has 1 rings (SSSR count).